The minimum Gasteiger partial charge on any atom is -0.292 e. The van der Waals surface area contributed by atoms with Crippen LogP contribution in [0.2, 0.25) is 0 Å². The normalized spacial score (nSPS) is 12.3. The second kappa shape index (κ2) is 9.46. The smallest absolute Gasteiger partial charge is 0.162 e. The van der Waals surface area contributed by atoms with Crippen molar-refractivity contribution in [2.75, 3.05) is 0 Å². The first-order valence-corrected chi connectivity index (χ1v) is 17.4. The standard InChI is InChI=1S/C42H23N3S2/c1-2-12-24(13-3-1)41-43-30-18-8-4-14-25(30)42(44-41)45-31-19-9-5-15-26(31)38-37-29(22-23-34-36(37)28-17-7-10-20-32(28)46-34)35-27-16-6-11-21-33(27)47-40(35)39(38)45/h1-23H. The molecule has 11 aromatic rings. The summed E-state index contributed by atoms with van der Waals surface area (Å²) < 4.78 is 7.64. The Morgan fingerprint density at radius 2 is 1.09 bits per heavy atom. The van der Waals surface area contributed by atoms with Crippen LogP contribution in [0.3, 0.4) is 0 Å². The molecular weight excluding hydrogens is 611 g/mol. The maximum Gasteiger partial charge on any atom is 0.162 e. The van der Waals surface area contributed by atoms with Crippen LogP contribution in [0.25, 0.3) is 101 Å². The van der Waals surface area contributed by atoms with Gasteiger partial charge in [0, 0.05) is 62.8 Å². The van der Waals surface area contributed by atoms with E-state index in [9.17, 15) is 0 Å². The van der Waals surface area contributed by atoms with Crippen LogP contribution >= 0.6 is 22.7 Å². The number of aromatic nitrogens is 3. The second-order valence-corrected chi connectivity index (χ2v) is 14.2. The largest absolute Gasteiger partial charge is 0.292 e. The number of para-hydroxylation sites is 2. The molecule has 0 spiro atoms. The Kier molecular flexibility index (Phi) is 5.14. The van der Waals surface area contributed by atoms with E-state index in [-0.39, 0.29) is 0 Å². The molecule has 0 bridgehead atoms. The number of rotatable bonds is 2. The van der Waals surface area contributed by atoms with E-state index in [0.29, 0.717) is 0 Å². The van der Waals surface area contributed by atoms with Crippen LogP contribution in [-0.2, 0) is 0 Å². The van der Waals surface area contributed by atoms with Crippen molar-refractivity contribution in [2.45, 2.75) is 0 Å². The van der Waals surface area contributed by atoms with Gasteiger partial charge in [-0.15, -0.1) is 22.7 Å². The highest BCUT2D eigenvalue weighted by Gasteiger charge is 2.25. The van der Waals surface area contributed by atoms with E-state index in [4.69, 9.17) is 9.97 Å². The molecule has 0 aliphatic rings. The van der Waals surface area contributed by atoms with Crippen LogP contribution in [0.15, 0.2) is 140 Å². The first kappa shape index (κ1) is 25.6. The monoisotopic (exact) mass is 633 g/mol. The van der Waals surface area contributed by atoms with Gasteiger partial charge in [0.05, 0.1) is 21.3 Å². The third-order valence-corrected chi connectivity index (χ3v) is 11.9. The lowest BCUT2D eigenvalue weighted by Crippen LogP contribution is -2.02. The minimum atomic E-state index is 0.727. The van der Waals surface area contributed by atoms with Crippen molar-refractivity contribution in [3.05, 3.63) is 140 Å². The maximum absolute atomic E-state index is 5.42. The van der Waals surface area contributed by atoms with Crippen LogP contribution in [0, 0.1) is 0 Å². The molecule has 0 amide bonds. The highest BCUT2D eigenvalue weighted by molar-refractivity contribution is 7.27. The molecule has 0 N–H and O–H groups in total. The predicted molar refractivity (Wildman–Crippen MR) is 203 cm³/mol. The van der Waals surface area contributed by atoms with Gasteiger partial charge in [-0.05, 0) is 41.8 Å². The summed E-state index contributed by atoms with van der Waals surface area (Å²) in [6, 6.07) is 50.1. The Morgan fingerprint density at radius 3 is 1.91 bits per heavy atom. The first-order chi connectivity index (χ1) is 23.3. The van der Waals surface area contributed by atoms with E-state index in [2.05, 4.69) is 138 Å². The molecule has 0 atom stereocenters. The summed E-state index contributed by atoms with van der Waals surface area (Å²) in [6.45, 7) is 0. The summed E-state index contributed by atoms with van der Waals surface area (Å²) in [6.07, 6.45) is 0. The quantitative estimate of drug-likeness (QED) is 0.190. The predicted octanol–water partition coefficient (Wildman–Crippen LogP) is 12.3. The fourth-order valence-corrected chi connectivity index (χ4v) is 10.0. The van der Waals surface area contributed by atoms with Gasteiger partial charge in [-0.1, -0.05) is 103 Å². The lowest BCUT2D eigenvalue weighted by atomic mass is 9.95. The van der Waals surface area contributed by atoms with Gasteiger partial charge in [0.1, 0.15) is 5.82 Å². The summed E-state index contributed by atoms with van der Waals surface area (Å²) in [5.41, 5.74) is 4.29. The third-order valence-electron chi connectivity index (χ3n) is 9.57. The number of thiophene rings is 2. The number of benzene rings is 7. The van der Waals surface area contributed by atoms with Crippen LogP contribution in [-0.4, -0.2) is 14.5 Å². The first-order valence-electron chi connectivity index (χ1n) is 15.8. The summed E-state index contributed by atoms with van der Waals surface area (Å²) in [5, 5.41) is 11.4. The lowest BCUT2D eigenvalue weighted by molar-refractivity contribution is 1.08. The van der Waals surface area contributed by atoms with E-state index < -0.39 is 0 Å². The van der Waals surface area contributed by atoms with Crippen molar-refractivity contribution < 1.29 is 0 Å². The molecule has 3 nitrogen and oxygen atoms in total. The molecule has 0 unspecified atom stereocenters. The van der Waals surface area contributed by atoms with Crippen LogP contribution in [0.4, 0.5) is 0 Å². The number of hydrogen-bond donors (Lipinski definition) is 0. The van der Waals surface area contributed by atoms with Crippen molar-refractivity contribution >= 4 is 106 Å². The highest BCUT2D eigenvalue weighted by atomic mass is 32.1. The molecule has 11 rings (SSSR count). The molecule has 0 radical (unpaired) electrons. The van der Waals surface area contributed by atoms with Gasteiger partial charge in [0.2, 0.25) is 0 Å². The molecule has 4 heterocycles. The highest BCUT2D eigenvalue weighted by Crippen LogP contribution is 2.51. The van der Waals surface area contributed by atoms with Gasteiger partial charge in [-0.3, -0.25) is 4.57 Å². The molecule has 218 valence electrons. The van der Waals surface area contributed by atoms with Gasteiger partial charge in [-0.2, -0.15) is 0 Å². The van der Waals surface area contributed by atoms with Crippen molar-refractivity contribution in [1.82, 2.24) is 14.5 Å². The Bertz CT molecular complexity index is 3070. The summed E-state index contributed by atoms with van der Waals surface area (Å²) in [5.74, 6) is 1.63. The van der Waals surface area contributed by atoms with Gasteiger partial charge in [-0.25, -0.2) is 9.97 Å². The second-order valence-electron chi connectivity index (χ2n) is 12.1. The Hall–Kier alpha value is -5.62. The SMILES string of the molecule is c1ccc(-c2nc(-n3c4ccccc4c4c5c(ccc6sc7ccccc7c65)c5c6ccccc6sc5c43)c3ccccc3n2)cc1. The molecule has 0 saturated carbocycles. The van der Waals surface area contributed by atoms with Crippen LogP contribution < -0.4 is 0 Å². The zero-order valence-electron chi connectivity index (χ0n) is 24.9. The molecule has 7 aromatic carbocycles. The van der Waals surface area contributed by atoms with Gasteiger partial charge in [0.15, 0.2) is 5.82 Å². The number of hydrogen-bond acceptors (Lipinski definition) is 4. The Balaban J connectivity index is 1.46. The fraction of sp³-hybridized carbons (Fsp3) is 0. The molecule has 0 saturated heterocycles. The summed E-state index contributed by atoms with van der Waals surface area (Å²) in [7, 11) is 0. The van der Waals surface area contributed by atoms with Gasteiger partial charge >= 0.3 is 0 Å². The van der Waals surface area contributed by atoms with E-state index in [0.717, 1.165) is 33.6 Å². The van der Waals surface area contributed by atoms with E-state index in [1.54, 1.807) is 0 Å². The van der Waals surface area contributed by atoms with Gasteiger partial charge in [0.25, 0.3) is 0 Å². The zero-order valence-corrected chi connectivity index (χ0v) is 26.6. The molecule has 47 heavy (non-hydrogen) atoms. The van der Waals surface area contributed by atoms with Crippen LogP contribution in [0.5, 0.6) is 0 Å². The third kappa shape index (κ3) is 3.45. The average Bonchev–Trinajstić information content (AvgIpc) is 3.81. The van der Waals surface area contributed by atoms with E-state index in [1.165, 1.54) is 67.4 Å². The summed E-state index contributed by atoms with van der Waals surface area (Å²) >= 11 is 3.77. The van der Waals surface area contributed by atoms with E-state index >= 15 is 0 Å². The number of nitrogens with zero attached hydrogens (tertiary/aromatic N) is 3. The zero-order chi connectivity index (χ0) is 30.6. The Labute approximate surface area is 276 Å². The minimum absolute atomic E-state index is 0.727. The fourth-order valence-electron chi connectivity index (χ4n) is 7.64. The molecule has 4 aromatic heterocycles. The molecule has 5 heteroatoms. The van der Waals surface area contributed by atoms with Gasteiger partial charge < -0.3 is 0 Å². The van der Waals surface area contributed by atoms with E-state index in [1.807, 2.05) is 28.7 Å². The Morgan fingerprint density at radius 1 is 0.426 bits per heavy atom. The maximum atomic E-state index is 5.42. The van der Waals surface area contributed by atoms with Crippen molar-refractivity contribution in [3.8, 4) is 17.2 Å². The molecule has 0 aliphatic heterocycles. The lowest BCUT2D eigenvalue weighted by Gasteiger charge is -2.14. The summed E-state index contributed by atoms with van der Waals surface area (Å²) in [4.78, 5) is 10.5. The average molecular weight is 634 g/mol. The molecule has 0 fully saturated rings. The van der Waals surface area contributed by atoms with Crippen LogP contribution in [0.1, 0.15) is 0 Å². The molecular formula is C42H23N3S2. The van der Waals surface area contributed by atoms with Crippen molar-refractivity contribution in [2.24, 2.45) is 0 Å². The van der Waals surface area contributed by atoms with Crippen molar-refractivity contribution in [3.63, 3.8) is 0 Å². The number of fused-ring (bicyclic) bond motifs is 15. The van der Waals surface area contributed by atoms with Crippen molar-refractivity contribution in [1.29, 1.82) is 0 Å². The molecule has 0 aliphatic carbocycles. The topological polar surface area (TPSA) is 30.7 Å².